The monoisotopic (exact) mass is 529 g/mol. The van der Waals surface area contributed by atoms with Crippen molar-refractivity contribution < 1.29 is 16.8 Å². The molecule has 0 aliphatic carbocycles. The van der Waals surface area contributed by atoms with Crippen LogP contribution in [-0.2, 0) is 20.0 Å². The van der Waals surface area contributed by atoms with E-state index in [2.05, 4.69) is 9.97 Å². The first-order valence-corrected chi connectivity index (χ1v) is 13.9. The van der Waals surface area contributed by atoms with Crippen LogP contribution in [0.2, 0.25) is 10.0 Å². The van der Waals surface area contributed by atoms with Gasteiger partial charge in [0, 0.05) is 38.6 Å². The maximum absolute atomic E-state index is 13.4. The van der Waals surface area contributed by atoms with Gasteiger partial charge in [0.15, 0.2) is 5.82 Å². The molecule has 0 radical (unpaired) electrons. The van der Waals surface area contributed by atoms with E-state index in [9.17, 15) is 16.8 Å². The molecule has 1 fully saturated rings. The largest absolute Gasteiger partial charge is 0.338 e. The number of nitrogens with zero attached hydrogens (tertiary/aromatic N) is 5. The molecule has 0 saturated carbocycles. The molecule has 1 aliphatic rings. The number of para-hydroxylation sites is 1. The van der Waals surface area contributed by atoms with E-state index in [1.165, 1.54) is 35.8 Å². The molecule has 4 rings (SSSR count). The second-order valence-corrected chi connectivity index (χ2v) is 12.3. The normalized spacial score (nSPS) is 15.7. The maximum atomic E-state index is 13.4. The fraction of sp³-hybridized carbons (Fsp3) is 0.300. The third-order valence-corrected chi connectivity index (χ3v) is 9.20. The molecule has 1 aliphatic heterocycles. The van der Waals surface area contributed by atoms with Gasteiger partial charge in [0.05, 0.1) is 26.7 Å². The number of halogens is 2. The Labute approximate surface area is 202 Å². The molecule has 1 aromatic heterocycles. The molecule has 0 bridgehead atoms. The quantitative estimate of drug-likeness (QED) is 0.500. The molecule has 0 unspecified atom stereocenters. The van der Waals surface area contributed by atoms with E-state index in [-0.39, 0.29) is 20.8 Å². The molecule has 9 nitrogen and oxygen atoms in total. The van der Waals surface area contributed by atoms with Crippen molar-refractivity contribution in [3.05, 3.63) is 52.5 Å². The Balaban J connectivity index is 1.75. The summed E-state index contributed by atoms with van der Waals surface area (Å²) < 4.78 is 52.8. The van der Waals surface area contributed by atoms with Crippen LogP contribution >= 0.6 is 23.2 Å². The van der Waals surface area contributed by atoms with Gasteiger partial charge in [0.25, 0.3) is 10.0 Å². The van der Waals surface area contributed by atoms with E-state index >= 15 is 0 Å². The topological polar surface area (TPSA) is 104 Å². The van der Waals surface area contributed by atoms with E-state index in [1.807, 2.05) is 4.90 Å². The summed E-state index contributed by atoms with van der Waals surface area (Å²) in [4.78, 5) is 11.0. The van der Waals surface area contributed by atoms with Gasteiger partial charge in [0.1, 0.15) is 0 Å². The lowest BCUT2D eigenvalue weighted by atomic mass is 10.2. The van der Waals surface area contributed by atoms with E-state index < -0.39 is 20.0 Å². The lowest BCUT2D eigenvalue weighted by Crippen LogP contribution is -2.49. The summed E-state index contributed by atoms with van der Waals surface area (Å²) in [6, 6.07) is 11.2. The van der Waals surface area contributed by atoms with Gasteiger partial charge in [-0.05, 0) is 30.3 Å². The van der Waals surface area contributed by atoms with Crippen LogP contribution < -0.4 is 9.21 Å². The smallest absolute Gasteiger partial charge is 0.265 e. The number of piperazine rings is 1. The number of rotatable bonds is 5. The van der Waals surface area contributed by atoms with Crippen LogP contribution in [0.15, 0.2) is 47.4 Å². The number of anilines is 2. The van der Waals surface area contributed by atoms with Crippen LogP contribution in [0.4, 0.5) is 11.8 Å². The van der Waals surface area contributed by atoms with E-state index in [4.69, 9.17) is 23.2 Å². The van der Waals surface area contributed by atoms with Crippen molar-refractivity contribution in [3.8, 4) is 0 Å². The summed E-state index contributed by atoms with van der Waals surface area (Å²) in [5.74, 6) is 0.528. The van der Waals surface area contributed by atoms with Crippen molar-refractivity contribution in [2.45, 2.75) is 4.90 Å². The van der Waals surface area contributed by atoms with E-state index in [0.29, 0.717) is 43.0 Å². The highest BCUT2D eigenvalue weighted by Gasteiger charge is 2.28. The van der Waals surface area contributed by atoms with Crippen LogP contribution in [0.1, 0.15) is 0 Å². The molecule has 13 heteroatoms. The molecule has 1 saturated heterocycles. The van der Waals surface area contributed by atoms with Gasteiger partial charge < -0.3 is 4.90 Å². The fourth-order valence-corrected chi connectivity index (χ4v) is 5.94. The average molecular weight is 530 g/mol. The van der Waals surface area contributed by atoms with Gasteiger partial charge in [-0.1, -0.05) is 35.3 Å². The Hall–Kier alpha value is -2.18. The Morgan fingerprint density at radius 1 is 0.909 bits per heavy atom. The van der Waals surface area contributed by atoms with Gasteiger partial charge in [0.2, 0.25) is 16.0 Å². The first-order chi connectivity index (χ1) is 15.5. The molecular formula is C20H21Cl2N5O4S2. The highest BCUT2D eigenvalue weighted by Crippen LogP contribution is 2.32. The molecule has 176 valence electrons. The summed E-state index contributed by atoms with van der Waals surface area (Å²) in [6.45, 7) is 1.35. The summed E-state index contributed by atoms with van der Waals surface area (Å²) in [5.41, 5.74) is 0.569. The van der Waals surface area contributed by atoms with Gasteiger partial charge in [-0.25, -0.2) is 21.8 Å². The van der Waals surface area contributed by atoms with Crippen LogP contribution in [0.25, 0.3) is 10.9 Å². The molecule has 0 N–H and O–H groups in total. The van der Waals surface area contributed by atoms with Crippen LogP contribution in [0.3, 0.4) is 0 Å². The van der Waals surface area contributed by atoms with Gasteiger partial charge in [-0.15, -0.1) is 0 Å². The predicted molar refractivity (Wildman–Crippen MR) is 130 cm³/mol. The summed E-state index contributed by atoms with van der Waals surface area (Å²) >= 11 is 12.0. The summed E-state index contributed by atoms with van der Waals surface area (Å²) in [6.07, 6.45) is 1.18. The minimum atomic E-state index is -4.00. The molecule has 3 aromatic rings. The Morgan fingerprint density at radius 3 is 2.21 bits per heavy atom. The van der Waals surface area contributed by atoms with Crippen molar-refractivity contribution in [3.63, 3.8) is 0 Å². The molecule has 2 heterocycles. The van der Waals surface area contributed by atoms with Crippen molar-refractivity contribution in [2.75, 3.05) is 48.7 Å². The number of aromatic nitrogens is 2. The second kappa shape index (κ2) is 8.88. The Morgan fingerprint density at radius 2 is 1.58 bits per heavy atom. The zero-order chi connectivity index (χ0) is 24.0. The molecule has 2 aromatic carbocycles. The molecule has 0 atom stereocenters. The van der Waals surface area contributed by atoms with Crippen LogP contribution in [0, 0.1) is 0 Å². The third kappa shape index (κ3) is 4.73. The number of fused-ring (bicyclic) bond motifs is 1. The minimum Gasteiger partial charge on any atom is -0.338 e. The molecule has 0 amide bonds. The van der Waals surface area contributed by atoms with Crippen molar-refractivity contribution in [1.29, 1.82) is 0 Å². The number of hydrogen-bond acceptors (Lipinski definition) is 7. The van der Waals surface area contributed by atoms with Crippen molar-refractivity contribution in [2.24, 2.45) is 0 Å². The SMILES string of the molecule is CN(c1nc(N2CCN(S(C)(=O)=O)CC2)nc2ccccc12)S(=O)(=O)c1ccc(Cl)c(Cl)c1. The third-order valence-electron chi connectivity index (χ3n) is 5.41. The molecule has 0 spiro atoms. The van der Waals surface area contributed by atoms with E-state index in [0.717, 1.165) is 4.31 Å². The fourth-order valence-electron chi connectivity index (χ4n) is 3.56. The molecule has 33 heavy (non-hydrogen) atoms. The van der Waals surface area contributed by atoms with Crippen molar-refractivity contribution in [1.82, 2.24) is 14.3 Å². The highest BCUT2D eigenvalue weighted by molar-refractivity contribution is 7.92. The second-order valence-electron chi connectivity index (χ2n) is 7.56. The zero-order valence-electron chi connectivity index (χ0n) is 17.8. The maximum Gasteiger partial charge on any atom is 0.265 e. The molecular weight excluding hydrogens is 509 g/mol. The first kappa shape index (κ1) is 24.0. The number of benzene rings is 2. The lowest BCUT2D eigenvalue weighted by Gasteiger charge is -2.33. The highest BCUT2D eigenvalue weighted by atomic mass is 35.5. The van der Waals surface area contributed by atoms with E-state index in [1.54, 1.807) is 24.3 Å². The Bertz CT molecular complexity index is 1430. The van der Waals surface area contributed by atoms with Crippen LogP contribution in [-0.4, -0.2) is 70.6 Å². The predicted octanol–water partition coefficient (Wildman–Crippen LogP) is 2.84. The minimum absolute atomic E-state index is 0.0228. The van der Waals surface area contributed by atoms with Gasteiger partial charge in [-0.2, -0.15) is 9.29 Å². The van der Waals surface area contributed by atoms with Crippen molar-refractivity contribution >= 4 is 65.9 Å². The average Bonchev–Trinajstić information content (AvgIpc) is 2.79. The Kier molecular flexibility index (Phi) is 6.45. The van der Waals surface area contributed by atoms with Gasteiger partial charge >= 0.3 is 0 Å². The van der Waals surface area contributed by atoms with Crippen LogP contribution in [0.5, 0.6) is 0 Å². The lowest BCUT2D eigenvalue weighted by molar-refractivity contribution is 0.386. The van der Waals surface area contributed by atoms with Gasteiger partial charge in [-0.3, -0.25) is 4.31 Å². The number of sulfonamides is 2. The summed E-state index contributed by atoms with van der Waals surface area (Å²) in [7, 11) is -5.88. The zero-order valence-corrected chi connectivity index (χ0v) is 21.0. The summed E-state index contributed by atoms with van der Waals surface area (Å²) in [5, 5.41) is 0.937. The standard InChI is InChI=1S/C20H21Cl2N5O4S2/c1-25(33(30,31)14-7-8-16(21)17(22)13-14)19-15-5-3-4-6-18(15)23-20(24-19)26-9-11-27(12-10-26)32(2,28)29/h3-8,13H,9-12H2,1-2H3. The first-order valence-electron chi connectivity index (χ1n) is 9.89. The number of hydrogen-bond donors (Lipinski definition) is 0.